The molecule has 0 saturated carbocycles. The summed E-state index contributed by atoms with van der Waals surface area (Å²) >= 11 is 0. The smallest absolute Gasteiger partial charge is 0.196 e. The predicted octanol–water partition coefficient (Wildman–Crippen LogP) is 0.369. The lowest BCUT2D eigenvalue weighted by molar-refractivity contribution is -0.710. The van der Waals surface area contributed by atoms with Gasteiger partial charge in [0.1, 0.15) is 6.54 Å². The van der Waals surface area contributed by atoms with Gasteiger partial charge in [-0.3, -0.25) is 0 Å². The van der Waals surface area contributed by atoms with E-state index in [-0.39, 0.29) is 0 Å². The first-order chi connectivity index (χ1) is 6.40. The molecule has 0 spiro atoms. The van der Waals surface area contributed by atoms with Crippen LogP contribution in [0.3, 0.4) is 0 Å². The topological polar surface area (TPSA) is 31.5 Å². The van der Waals surface area contributed by atoms with Crippen LogP contribution in [-0.4, -0.2) is 6.54 Å². The van der Waals surface area contributed by atoms with Crippen molar-refractivity contribution in [1.82, 2.24) is 0 Å². The number of rotatable bonds is 2. The Morgan fingerprint density at radius 3 is 2.62 bits per heavy atom. The molecule has 13 heavy (non-hydrogen) atoms. The van der Waals surface area contributed by atoms with Crippen LogP contribution in [0.1, 0.15) is 0 Å². The van der Waals surface area contributed by atoms with E-state index >= 15 is 0 Å². The molecule has 2 nitrogen and oxygen atoms in total. The lowest BCUT2D eigenvalue weighted by Crippen LogP contribution is -2.56. The Labute approximate surface area is 77.6 Å². The molecule has 0 atom stereocenters. The second-order valence-electron chi connectivity index (χ2n) is 3.17. The second kappa shape index (κ2) is 3.54. The van der Waals surface area contributed by atoms with Crippen molar-refractivity contribution in [3.63, 3.8) is 0 Å². The Kier molecular flexibility index (Phi) is 2.23. The molecular weight excluding hydrogens is 160 g/mol. The van der Waals surface area contributed by atoms with Gasteiger partial charge in [0.2, 0.25) is 0 Å². The summed E-state index contributed by atoms with van der Waals surface area (Å²) in [6.45, 7) is 1.92. The van der Waals surface area contributed by atoms with Crippen molar-refractivity contribution >= 4 is 10.8 Å². The van der Waals surface area contributed by atoms with Gasteiger partial charge in [0.05, 0.1) is 0 Å². The molecule has 0 aliphatic rings. The third-order valence-electron chi connectivity index (χ3n) is 2.16. The van der Waals surface area contributed by atoms with Gasteiger partial charge in [-0.15, -0.1) is 0 Å². The molecule has 1 heterocycles. The summed E-state index contributed by atoms with van der Waals surface area (Å²) in [5.74, 6) is 0. The number of hydrogen-bond donors (Lipinski definition) is 1. The zero-order chi connectivity index (χ0) is 9.10. The van der Waals surface area contributed by atoms with E-state index in [9.17, 15) is 0 Å². The lowest BCUT2D eigenvalue weighted by atomic mass is 10.2. The lowest BCUT2D eigenvalue weighted by Gasteiger charge is -1.95. The molecule has 0 saturated heterocycles. The summed E-state index contributed by atoms with van der Waals surface area (Å²) in [7, 11) is 0. The number of pyridine rings is 1. The monoisotopic (exact) mass is 174 g/mol. The Morgan fingerprint density at radius 1 is 1.08 bits per heavy atom. The third-order valence-corrected chi connectivity index (χ3v) is 2.16. The molecule has 2 heteroatoms. The highest BCUT2D eigenvalue weighted by Crippen LogP contribution is 2.09. The van der Waals surface area contributed by atoms with Gasteiger partial charge in [-0.05, 0) is 11.5 Å². The highest BCUT2D eigenvalue weighted by molar-refractivity contribution is 5.80. The van der Waals surface area contributed by atoms with Crippen molar-refractivity contribution in [2.75, 3.05) is 6.54 Å². The summed E-state index contributed by atoms with van der Waals surface area (Å²) in [5.41, 5.74) is 3.84. The molecule has 0 amide bonds. The standard InChI is InChI=1S/C11H13N2/c12-6-8-13-7-5-10-3-1-2-4-11(10)9-13/h1-5,7,9H,6,8,12H2/q+1/p+1. The SMILES string of the molecule is [NH3+]CC[n+]1ccc2ccccc2c1. The Balaban J connectivity index is 2.49. The molecule has 1 aromatic carbocycles. The van der Waals surface area contributed by atoms with Gasteiger partial charge in [0.15, 0.2) is 18.9 Å². The Hall–Kier alpha value is -1.41. The van der Waals surface area contributed by atoms with E-state index < -0.39 is 0 Å². The number of quaternary nitrogens is 1. The maximum absolute atomic E-state index is 3.84. The highest BCUT2D eigenvalue weighted by Gasteiger charge is 2.00. The van der Waals surface area contributed by atoms with Crippen LogP contribution >= 0.6 is 0 Å². The fourth-order valence-electron chi connectivity index (χ4n) is 1.50. The molecule has 3 N–H and O–H groups in total. The molecule has 66 valence electrons. The van der Waals surface area contributed by atoms with Crippen LogP contribution in [0.15, 0.2) is 42.7 Å². The first-order valence-corrected chi connectivity index (χ1v) is 4.57. The largest absolute Gasteiger partial charge is 0.352 e. The zero-order valence-electron chi connectivity index (χ0n) is 7.61. The van der Waals surface area contributed by atoms with Crippen LogP contribution in [0, 0.1) is 0 Å². The Bertz CT molecular complexity index is 410. The van der Waals surface area contributed by atoms with Crippen molar-refractivity contribution in [3.8, 4) is 0 Å². The number of benzene rings is 1. The van der Waals surface area contributed by atoms with Gasteiger partial charge in [0.25, 0.3) is 0 Å². The van der Waals surface area contributed by atoms with Crippen LogP contribution in [-0.2, 0) is 6.54 Å². The van der Waals surface area contributed by atoms with Crippen molar-refractivity contribution in [2.45, 2.75) is 6.54 Å². The van der Waals surface area contributed by atoms with Crippen LogP contribution in [0.5, 0.6) is 0 Å². The molecule has 0 aliphatic carbocycles. The predicted molar refractivity (Wildman–Crippen MR) is 51.9 cm³/mol. The van der Waals surface area contributed by atoms with Crippen LogP contribution < -0.4 is 10.3 Å². The number of hydrogen-bond acceptors (Lipinski definition) is 0. The average molecular weight is 174 g/mol. The maximum atomic E-state index is 3.84. The average Bonchev–Trinajstić information content (AvgIpc) is 2.18. The first kappa shape index (κ1) is 8.20. The number of fused-ring (bicyclic) bond motifs is 1. The van der Waals surface area contributed by atoms with E-state index in [4.69, 9.17) is 0 Å². The molecule has 2 aromatic rings. The van der Waals surface area contributed by atoms with Gasteiger partial charge in [0, 0.05) is 11.5 Å². The minimum absolute atomic E-state index is 0.934. The number of aromatic nitrogens is 1. The maximum Gasteiger partial charge on any atom is 0.196 e. The summed E-state index contributed by atoms with van der Waals surface area (Å²) in [4.78, 5) is 0. The van der Waals surface area contributed by atoms with Crippen molar-refractivity contribution in [1.29, 1.82) is 0 Å². The van der Waals surface area contributed by atoms with E-state index in [1.807, 2.05) is 0 Å². The fourth-order valence-corrected chi connectivity index (χ4v) is 1.50. The van der Waals surface area contributed by atoms with Gasteiger partial charge in [-0.2, -0.15) is 4.57 Å². The molecule has 1 aromatic heterocycles. The highest BCUT2D eigenvalue weighted by atomic mass is 14.9. The molecule has 0 fully saturated rings. The third kappa shape index (κ3) is 1.68. The molecular formula is C11H14N2+2. The Morgan fingerprint density at radius 2 is 1.85 bits per heavy atom. The minimum atomic E-state index is 0.934. The normalized spacial score (nSPS) is 10.5. The van der Waals surface area contributed by atoms with Gasteiger partial charge in [-0.1, -0.05) is 18.2 Å². The molecule has 0 bridgehead atoms. The van der Waals surface area contributed by atoms with E-state index in [1.165, 1.54) is 10.8 Å². The van der Waals surface area contributed by atoms with E-state index in [0.29, 0.717) is 0 Å². The van der Waals surface area contributed by atoms with Gasteiger partial charge in [-0.25, -0.2) is 0 Å². The van der Waals surface area contributed by atoms with Crippen LogP contribution in [0.2, 0.25) is 0 Å². The molecule has 0 unspecified atom stereocenters. The van der Waals surface area contributed by atoms with E-state index in [1.54, 1.807) is 0 Å². The summed E-state index contributed by atoms with van der Waals surface area (Å²) in [6.07, 6.45) is 4.27. The second-order valence-corrected chi connectivity index (χ2v) is 3.17. The zero-order valence-corrected chi connectivity index (χ0v) is 7.61. The fraction of sp³-hybridized carbons (Fsp3) is 0.182. The van der Waals surface area contributed by atoms with Gasteiger partial charge < -0.3 is 5.73 Å². The van der Waals surface area contributed by atoms with Gasteiger partial charge >= 0.3 is 0 Å². The number of nitrogens with zero attached hydrogens (tertiary/aromatic N) is 1. The quantitative estimate of drug-likeness (QED) is 0.638. The van der Waals surface area contributed by atoms with E-state index in [0.717, 1.165) is 13.1 Å². The molecule has 2 rings (SSSR count). The summed E-state index contributed by atoms with van der Waals surface area (Å²) in [5, 5.41) is 2.58. The van der Waals surface area contributed by atoms with Crippen molar-refractivity contribution < 1.29 is 10.3 Å². The molecule has 0 aliphatic heterocycles. The summed E-state index contributed by atoms with van der Waals surface area (Å²) in [6, 6.07) is 10.5. The van der Waals surface area contributed by atoms with E-state index in [2.05, 4.69) is 53.0 Å². The van der Waals surface area contributed by atoms with Crippen LogP contribution in [0.25, 0.3) is 10.8 Å². The van der Waals surface area contributed by atoms with Crippen LogP contribution in [0.4, 0.5) is 0 Å². The van der Waals surface area contributed by atoms with Crippen molar-refractivity contribution in [3.05, 3.63) is 42.7 Å². The first-order valence-electron chi connectivity index (χ1n) is 4.57. The molecule has 0 radical (unpaired) electrons. The summed E-state index contributed by atoms with van der Waals surface area (Å²) < 4.78 is 2.18. The van der Waals surface area contributed by atoms with Crippen molar-refractivity contribution in [2.24, 2.45) is 0 Å². The minimum Gasteiger partial charge on any atom is -0.352 e.